The van der Waals surface area contributed by atoms with Gasteiger partial charge in [0.1, 0.15) is 0 Å². The predicted octanol–water partition coefficient (Wildman–Crippen LogP) is 2.48. The van der Waals surface area contributed by atoms with E-state index in [2.05, 4.69) is 20.7 Å². The van der Waals surface area contributed by atoms with Gasteiger partial charge in [-0.05, 0) is 38.5 Å². The summed E-state index contributed by atoms with van der Waals surface area (Å²) in [6.07, 6.45) is -1.40. The lowest BCUT2D eigenvalue weighted by Crippen LogP contribution is -2.42. The van der Waals surface area contributed by atoms with Gasteiger partial charge < -0.3 is 4.74 Å². The summed E-state index contributed by atoms with van der Waals surface area (Å²) in [5.74, 6) is 0. The molecule has 1 aromatic carbocycles. The van der Waals surface area contributed by atoms with E-state index in [1.807, 2.05) is 6.07 Å². The molecular weight excluding hydrogens is 348 g/mol. The number of halogens is 1. The number of nitrogens with one attached hydrogen (secondary N) is 2. The first-order valence-corrected chi connectivity index (χ1v) is 8.23. The van der Waals surface area contributed by atoms with Crippen LogP contribution in [-0.4, -0.2) is 20.6 Å². The molecule has 1 amide bonds. The Morgan fingerprint density at radius 3 is 2.50 bits per heavy atom. The van der Waals surface area contributed by atoms with E-state index >= 15 is 0 Å². The third kappa shape index (κ3) is 5.89. The SMILES string of the molecule is CC(C)OC(=O)NS(=O)(=O)NC(C)c1cccc(Br)c1. The quantitative estimate of drug-likeness (QED) is 0.840. The van der Waals surface area contributed by atoms with E-state index in [0.717, 1.165) is 10.0 Å². The van der Waals surface area contributed by atoms with Gasteiger partial charge in [-0.2, -0.15) is 13.1 Å². The molecule has 1 rings (SSSR count). The molecule has 20 heavy (non-hydrogen) atoms. The van der Waals surface area contributed by atoms with Gasteiger partial charge in [-0.3, -0.25) is 0 Å². The molecule has 1 unspecified atom stereocenters. The second-order valence-corrected chi connectivity index (χ2v) is 6.82. The summed E-state index contributed by atoms with van der Waals surface area (Å²) in [6.45, 7) is 4.93. The third-order valence-electron chi connectivity index (χ3n) is 2.24. The molecule has 0 aliphatic carbocycles. The summed E-state index contributed by atoms with van der Waals surface area (Å²) >= 11 is 3.31. The van der Waals surface area contributed by atoms with E-state index in [4.69, 9.17) is 4.74 Å². The molecular formula is C12H17BrN2O4S. The van der Waals surface area contributed by atoms with Crippen LogP contribution in [0.15, 0.2) is 28.7 Å². The molecule has 0 saturated carbocycles. The highest BCUT2D eigenvalue weighted by Gasteiger charge is 2.19. The summed E-state index contributed by atoms with van der Waals surface area (Å²) in [4.78, 5) is 11.3. The largest absolute Gasteiger partial charge is 0.446 e. The van der Waals surface area contributed by atoms with E-state index in [0.29, 0.717) is 0 Å². The van der Waals surface area contributed by atoms with Crippen molar-refractivity contribution >= 4 is 32.2 Å². The van der Waals surface area contributed by atoms with E-state index in [9.17, 15) is 13.2 Å². The number of benzene rings is 1. The maximum Gasteiger partial charge on any atom is 0.422 e. The number of hydrogen-bond donors (Lipinski definition) is 2. The molecule has 0 radical (unpaired) electrons. The van der Waals surface area contributed by atoms with Gasteiger partial charge in [0, 0.05) is 10.5 Å². The molecule has 0 aliphatic rings. The average Bonchev–Trinajstić information content (AvgIpc) is 2.25. The Labute approximate surface area is 127 Å². The molecule has 0 spiro atoms. The first kappa shape index (κ1) is 16.9. The van der Waals surface area contributed by atoms with Gasteiger partial charge in [0.25, 0.3) is 0 Å². The summed E-state index contributed by atoms with van der Waals surface area (Å²) in [6, 6.07) is 6.72. The Balaban J connectivity index is 2.69. The molecule has 1 atom stereocenters. The van der Waals surface area contributed by atoms with Crippen LogP contribution in [0.3, 0.4) is 0 Å². The number of hydrogen-bond acceptors (Lipinski definition) is 4. The molecule has 8 heteroatoms. The molecule has 112 valence electrons. The zero-order valence-corrected chi connectivity index (χ0v) is 13.8. The second-order valence-electron chi connectivity index (χ2n) is 4.45. The number of carbonyl (C=O) groups excluding carboxylic acids is 1. The van der Waals surface area contributed by atoms with Gasteiger partial charge in [0.15, 0.2) is 0 Å². The fourth-order valence-corrected chi connectivity index (χ4v) is 2.80. The molecule has 0 bridgehead atoms. The molecule has 6 nitrogen and oxygen atoms in total. The number of rotatable bonds is 5. The van der Waals surface area contributed by atoms with Gasteiger partial charge in [0.2, 0.25) is 0 Å². The lowest BCUT2D eigenvalue weighted by Gasteiger charge is -2.16. The summed E-state index contributed by atoms with van der Waals surface area (Å²) in [5.41, 5.74) is 0.766. The Morgan fingerprint density at radius 1 is 1.30 bits per heavy atom. The van der Waals surface area contributed by atoms with Crippen molar-refractivity contribution in [3.63, 3.8) is 0 Å². The lowest BCUT2D eigenvalue weighted by atomic mass is 10.1. The molecule has 0 aromatic heterocycles. The van der Waals surface area contributed by atoms with Crippen molar-refractivity contribution in [1.29, 1.82) is 0 Å². The van der Waals surface area contributed by atoms with Crippen LogP contribution in [0.5, 0.6) is 0 Å². The van der Waals surface area contributed by atoms with Crippen LogP contribution in [0.4, 0.5) is 4.79 Å². The molecule has 0 saturated heterocycles. The van der Waals surface area contributed by atoms with Crippen molar-refractivity contribution < 1.29 is 17.9 Å². The van der Waals surface area contributed by atoms with Crippen LogP contribution in [0.25, 0.3) is 0 Å². The number of carbonyl (C=O) groups is 1. The van der Waals surface area contributed by atoms with Crippen LogP contribution in [0, 0.1) is 0 Å². The molecule has 0 aliphatic heterocycles. The van der Waals surface area contributed by atoms with Gasteiger partial charge >= 0.3 is 16.3 Å². The third-order valence-corrected chi connectivity index (χ3v) is 3.83. The van der Waals surface area contributed by atoms with Gasteiger partial charge in [-0.15, -0.1) is 0 Å². The highest BCUT2D eigenvalue weighted by atomic mass is 79.9. The Bertz CT molecular complexity index is 575. The van der Waals surface area contributed by atoms with Crippen molar-refractivity contribution in [3.8, 4) is 0 Å². The highest BCUT2D eigenvalue weighted by molar-refractivity contribution is 9.10. The number of amides is 1. The normalized spacial score (nSPS) is 13.1. The first-order chi connectivity index (χ1) is 9.19. The van der Waals surface area contributed by atoms with E-state index in [1.165, 1.54) is 0 Å². The maximum absolute atomic E-state index is 11.8. The van der Waals surface area contributed by atoms with Crippen molar-refractivity contribution in [1.82, 2.24) is 9.44 Å². The van der Waals surface area contributed by atoms with Crippen LogP contribution < -0.4 is 9.44 Å². The summed E-state index contributed by atoms with van der Waals surface area (Å²) in [7, 11) is -3.98. The monoisotopic (exact) mass is 364 g/mol. The van der Waals surface area contributed by atoms with Crippen LogP contribution >= 0.6 is 15.9 Å². The molecule has 0 fully saturated rings. The predicted molar refractivity (Wildman–Crippen MR) is 79.4 cm³/mol. The van der Waals surface area contributed by atoms with Crippen LogP contribution in [-0.2, 0) is 14.9 Å². The Morgan fingerprint density at radius 2 is 1.95 bits per heavy atom. The van der Waals surface area contributed by atoms with Crippen molar-refractivity contribution in [3.05, 3.63) is 34.3 Å². The molecule has 0 heterocycles. The van der Waals surface area contributed by atoms with Crippen molar-refractivity contribution in [2.45, 2.75) is 32.9 Å². The van der Waals surface area contributed by atoms with Gasteiger partial charge in [0.05, 0.1) is 6.10 Å². The van der Waals surface area contributed by atoms with Crippen LogP contribution in [0.2, 0.25) is 0 Å². The average molecular weight is 365 g/mol. The zero-order valence-electron chi connectivity index (χ0n) is 11.4. The first-order valence-electron chi connectivity index (χ1n) is 5.96. The highest BCUT2D eigenvalue weighted by Crippen LogP contribution is 2.18. The Kier molecular flexibility index (Phi) is 5.97. The molecule has 2 N–H and O–H groups in total. The smallest absolute Gasteiger partial charge is 0.422 e. The Hall–Kier alpha value is -1.12. The fourth-order valence-electron chi connectivity index (χ4n) is 1.45. The van der Waals surface area contributed by atoms with E-state index in [-0.39, 0.29) is 0 Å². The van der Waals surface area contributed by atoms with Gasteiger partial charge in [-0.25, -0.2) is 9.52 Å². The molecule has 1 aromatic rings. The maximum atomic E-state index is 11.8. The second kappa shape index (κ2) is 7.05. The fraction of sp³-hybridized carbons (Fsp3) is 0.417. The summed E-state index contributed by atoms with van der Waals surface area (Å²) < 4.78 is 33.2. The van der Waals surface area contributed by atoms with Crippen molar-refractivity contribution in [2.24, 2.45) is 0 Å². The minimum Gasteiger partial charge on any atom is -0.446 e. The van der Waals surface area contributed by atoms with Crippen molar-refractivity contribution in [2.75, 3.05) is 0 Å². The standard InChI is InChI=1S/C12H17BrN2O4S/c1-8(2)19-12(16)15-20(17,18)14-9(3)10-5-4-6-11(13)7-10/h4-9,14H,1-3H3,(H,15,16). The zero-order chi connectivity index (χ0) is 15.3. The topological polar surface area (TPSA) is 84.5 Å². The van der Waals surface area contributed by atoms with E-state index in [1.54, 1.807) is 43.7 Å². The summed E-state index contributed by atoms with van der Waals surface area (Å²) in [5, 5.41) is 0. The van der Waals surface area contributed by atoms with Crippen LogP contribution in [0.1, 0.15) is 32.4 Å². The lowest BCUT2D eigenvalue weighted by molar-refractivity contribution is 0.121. The minimum absolute atomic E-state index is 0.396. The van der Waals surface area contributed by atoms with E-state index < -0.39 is 28.4 Å². The number of ether oxygens (including phenoxy) is 1. The van der Waals surface area contributed by atoms with Gasteiger partial charge in [-0.1, -0.05) is 28.1 Å². The minimum atomic E-state index is -3.98.